The van der Waals surface area contributed by atoms with E-state index in [-0.39, 0.29) is 0 Å². The van der Waals surface area contributed by atoms with Crippen LogP contribution in [0.3, 0.4) is 0 Å². The summed E-state index contributed by atoms with van der Waals surface area (Å²) in [5, 5.41) is 3.19. The molecule has 0 fully saturated rings. The molecule has 114 valence electrons. The lowest BCUT2D eigenvalue weighted by Gasteiger charge is -2.33. The molecule has 0 aliphatic heterocycles. The molecule has 0 radical (unpaired) electrons. The molecule has 3 nitrogen and oxygen atoms in total. The van der Waals surface area contributed by atoms with Crippen LogP contribution in [0.5, 0.6) is 0 Å². The zero-order valence-electron chi connectivity index (χ0n) is 13.1. The van der Waals surface area contributed by atoms with Crippen molar-refractivity contribution in [1.29, 1.82) is 0 Å². The lowest BCUT2D eigenvalue weighted by Crippen LogP contribution is -2.37. The predicted octanol–water partition coefficient (Wildman–Crippen LogP) is 3.81. The van der Waals surface area contributed by atoms with Crippen molar-refractivity contribution in [3.8, 4) is 0 Å². The first-order chi connectivity index (χ1) is 9.67. The summed E-state index contributed by atoms with van der Waals surface area (Å²) >= 11 is 3.68. The van der Waals surface area contributed by atoms with Crippen LogP contribution in [-0.4, -0.2) is 33.4 Å². The Labute approximate surface area is 131 Å². The molecule has 1 aromatic rings. The molecule has 0 spiro atoms. The van der Waals surface area contributed by atoms with Gasteiger partial charge in [-0.05, 0) is 37.6 Å². The molecule has 0 amide bonds. The lowest BCUT2D eigenvalue weighted by molar-refractivity contribution is 0.202. The zero-order valence-corrected chi connectivity index (χ0v) is 14.7. The zero-order chi connectivity index (χ0) is 15.0. The number of methoxy groups -OCH3 is 1. The molecule has 4 heteroatoms. The quantitative estimate of drug-likeness (QED) is 0.738. The van der Waals surface area contributed by atoms with E-state index in [0.717, 1.165) is 37.0 Å². The van der Waals surface area contributed by atoms with Gasteiger partial charge >= 0.3 is 0 Å². The smallest absolute Gasteiger partial charge is 0.0637 e. The Kier molecular flexibility index (Phi) is 8.19. The van der Waals surface area contributed by atoms with Gasteiger partial charge in [0.15, 0.2) is 0 Å². The molecule has 0 saturated carbocycles. The third-order valence-corrected chi connectivity index (χ3v) is 4.39. The van der Waals surface area contributed by atoms with E-state index in [4.69, 9.17) is 4.74 Å². The number of hydrogen-bond acceptors (Lipinski definition) is 3. The van der Waals surface area contributed by atoms with Crippen LogP contribution in [-0.2, 0) is 11.3 Å². The average molecular weight is 343 g/mol. The Morgan fingerprint density at radius 2 is 2.00 bits per heavy atom. The van der Waals surface area contributed by atoms with Crippen LogP contribution >= 0.6 is 15.9 Å². The molecule has 0 aliphatic carbocycles. The number of hydrogen-bond donors (Lipinski definition) is 1. The fraction of sp³-hybridized carbons (Fsp3) is 0.625. The highest BCUT2D eigenvalue weighted by atomic mass is 79.9. The summed E-state index contributed by atoms with van der Waals surface area (Å²) in [6.45, 7) is 7.06. The van der Waals surface area contributed by atoms with Gasteiger partial charge in [0.1, 0.15) is 0 Å². The highest BCUT2D eigenvalue weighted by Gasteiger charge is 2.16. The fourth-order valence-corrected chi connectivity index (χ4v) is 3.00. The van der Waals surface area contributed by atoms with E-state index in [0.29, 0.717) is 6.04 Å². The van der Waals surface area contributed by atoms with Crippen LogP contribution in [0, 0.1) is 0 Å². The van der Waals surface area contributed by atoms with Crippen LogP contribution in [0.1, 0.15) is 32.3 Å². The number of halogens is 1. The van der Waals surface area contributed by atoms with Gasteiger partial charge < -0.3 is 15.0 Å². The van der Waals surface area contributed by atoms with Crippen LogP contribution in [0.25, 0.3) is 0 Å². The maximum Gasteiger partial charge on any atom is 0.0637 e. The largest absolute Gasteiger partial charge is 0.383 e. The Bertz CT molecular complexity index is 394. The molecule has 0 aliphatic rings. The van der Waals surface area contributed by atoms with Gasteiger partial charge in [0, 0.05) is 36.4 Å². The molecule has 0 aromatic heterocycles. The molecule has 0 unspecified atom stereocenters. The van der Waals surface area contributed by atoms with Crippen molar-refractivity contribution in [1.82, 2.24) is 5.32 Å². The van der Waals surface area contributed by atoms with Gasteiger partial charge in [-0.15, -0.1) is 0 Å². The predicted molar refractivity (Wildman–Crippen MR) is 90.5 cm³/mol. The van der Waals surface area contributed by atoms with E-state index in [1.807, 2.05) is 7.05 Å². The van der Waals surface area contributed by atoms with Gasteiger partial charge in [0.05, 0.1) is 6.61 Å². The van der Waals surface area contributed by atoms with E-state index in [2.05, 4.69) is 58.2 Å². The summed E-state index contributed by atoms with van der Waals surface area (Å²) < 4.78 is 6.43. The van der Waals surface area contributed by atoms with Gasteiger partial charge in [0.2, 0.25) is 0 Å². The molecular formula is C16H27BrN2O. The number of rotatable bonds is 9. The standard InChI is InChI=1S/C16H27BrN2O/c1-5-14(6-2)19(9-10-20-4)15-8-7-13(12-18-3)16(17)11-15/h7-8,11,14,18H,5-6,9-10,12H2,1-4H3. The first-order valence-electron chi connectivity index (χ1n) is 7.36. The molecule has 0 saturated heterocycles. The summed E-state index contributed by atoms with van der Waals surface area (Å²) in [6.07, 6.45) is 2.30. The second kappa shape index (κ2) is 9.37. The highest BCUT2D eigenvalue weighted by Crippen LogP contribution is 2.27. The van der Waals surface area contributed by atoms with Crippen molar-refractivity contribution in [2.24, 2.45) is 0 Å². The third-order valence-electron chi connectivity index (χ3n) is 3.66. The van der Waals surface area contributed by atoms with E-state index in [9.17, 15) is 0 Å². The van der Waals surface area contributed by atoms with Crippen LogP contribution in [0.4, 0.5) is 5.69 Å². The minimum atomic E-state index is 0.562. The van der Waals surface area contributed by atoms with E-state index in [1.165, 1.54) is 11.3 Å². The maximum atomic E-state index is 5.26. The fourth-order valence-electron chi connectivity index (χ4n) is 2.49. The van der Waals surface area contributed by atoms with Crippen molar-refractivity contribution in [2.45, 2.75) is 39.3 Å². The number of nitrogens with zero attached hydrogens (tertiary/aromatic N) is 1. The highest BCUT2D eigenvalue weighted by molar-refractivity contribution is 9.10. The molecular weight excluding hydrogens is 316 g/mol. The summed E-state index contributed by atoms with van der Waals surface area (Å²) in [6, 6.07) is 7.19. The summed E-state index contributed by atoms with van der Waals surface area (Å²) in [5.41, 5.74) is 2.55. The molecule has 0 atom stereocenters. The monoisotopic (exact) mass is 342 g/mol. The van der Waals surface area contributed by atoms with Gasteiger partial charge in [-0.2, -0.15) is 0 Å². The topological polar surface area (TPSA) is 24.5 Å². The lowest BCUT2D eigenvalue weighted by atomic mass is 10.1. The number of nitrogens with one attached hydrogen (secondary N) is 1. The molecule has 1 rings (SSSR count). The number of anilines is 1. The van der Waals surface area contributed by atoms with E-state index in [1.54, 1.807) is 7.11 Å². The Morgan fingerprint density at radius 1 is 1.30 bits per heavy atom. The van der Waals surface area contributed by atoms with Crippen molar-refractivity contribution < 1.29 is 4.74 Å². The molecule has 20 heavy (non-hydrogen) atoms. The minimum Gasteiger partial charge on any atom is -0.383 e. The number of benzene rings is 1. The van der Waals surface area contributed by atoms with Crippen molar-refractivity contribution in [3.05, 3.63) is 28.2 Å². The summed E-state index contributed by atoms with van der Waals surface area (Å²) in [7, 11) is 3.73. The summed E-state index contributed by atoms with van der Waals surface area (Å²) in [5.74, 6) is 0. The SMILES string of the molecule is CCC(CC)N(CCOC)c1ccc(CNC)c(Br)c1. The van der Waals surface area contributed by atoms with Gasteiger partial charge in [0.25, 0.3) is 0 Å². The molecule has 0 heterocycles. The second-order valence-corrected chi connectivity index (χ2v) is 5.82. The molecule has 1 N–H and O–H groups in total. The first kappa shape index (κ1) is 17.5. The Hall–Kier alpha value is -0.580. The Morgan fingerprint density at radius 3 is 2.50 bits per heavy atom. The van der Waals surface area contributed by atoms with Crippen molar-refractivity contribution in [2.75, 3.05) is 32.2 Å². The van der Waals surface area contributed by atoms with Gasteiger partial charge in [-0.3, -0.25) is 0 Å². The van der Waals surface area contributed by atoms with E-state index >= 15 is 0 Å². The normalized spacial score (nSPS) is 11.1. The van der Waals surface area contributed by atoms with Crippen LogP contribution in [0.15, 0.2) is 22.7 Å². The van der Waals surface area contributed by atoms with Crippen LogP contribution in [0.2, 0.25) is 0 Å². The summed E-state index contributed by atoms with van der Waals surface area (Å²) in [4.78, 5) is 2.46. The van der Waals surface area contributed by atoms with Crippen molar-refractivity contribution >= 4 is 21.6 Å². The van der Waals surface area contributed by atoms with Crippen LogP contribution < -0.4 is 10.2 Å². The second-order valence-electron chi connectivity index (χ2n) is 4.96. The Balaban J connectivity index is 2.97. The van der Waals surface area contributed by atoms with E-state index < -0.39 is 0 Å². The first-order valence-corrected chi connectivity index (χ1v) is 8.15. The minimum absolute atomic E-state index is 0.562. The molecule has 1 aromatic carbocycles. The maximum absolute atomic E-state index is 5.26. The number of ether oxygens (including phenoxy) is 1. The third kappa shape index (κ3) is 4.76. The van der Waals surface area contributed by atoms with Crippen molar-refractivity contribution in [3.63, 3.8) is 0 Å². The molecule has 0 bridgehead atoms. The average Bonchev–Trinajstić information content (AvgIpc) is 2.46. The van der Waals surface area contributed by atoms with Gasteiger partial charge in [-0.1, -0.05) is 35.8 Å². The van der Waals surface area contributed by atoms with Gasteiger partial charge in [-0.25, -0.2) is 0 Å².